The highest BCUT2D eigenvalue weighted by atomic mass is 35.5. The van der Waals surface area contributed by atoms with Gasteiger partial charge in [0.2, 0.25) is 0 Å². The van der Waals surface area contributed by atoms with E-state index in [1.807, 2.05) is 19.1 Å². The lowest BCUT2D eigenvalue weighted by molar-refractivity contribution is 0.0376. The Hall–Kier alpha value is -2.33. The lowest BCUT2D eigenvalue weighted by Crippen LogP contribution is -2.39. The molecule has 0 unspecified atom stereocenters. The number of anilines is 1. The van der Waals surface area contributed by atoms with E-state index in [1.165, 1.54) is 22.3 Å². The number of benzene rings is 2. The first kappa shape index (κ1) is 25.3. The zero-order chi connectivity index (χ0) is 22.7. The van der Waals surface area contributed by atoms with Gasteiger partial charge in [0.25, 0.3) is 5.91 Å². The van der Waals surface area contributed by atoms with Gasteiger partial charge in [0.05, 0.1) is 30.6 Å². The number of nitrogens with zero attached hydrogens (tertiary/aromatic N) is 3. The first-order valence-corrected chi connectivity index (χ1v) is 11.3. The third kappa shape index (κ3) is 5.60. The molecule has 1 fully saturated rings. The number of aromatic nitrogens is 1. The highest BCUT2D eigenvalue weighted by molar-refractivity contribution is 7.22. The summed E-state index contributed by atoms with van der Waals surface area (Å²) >= 11 is 1.36. The fourth-order valence-electron chi connectivity index (χ4n) is 3.75. The minimum atomic E-state index is -0.886. The summed E-state index contributed by atoms with van der Waals surface area (Å²) in [6.45, 7) is 6.19. The number of carbonyl (C=O) groups excluding carboxylic acids is 1. The number of hydrogen-bond acceptors (Lipinski definition) is 6. The summed E-state index contributed by atoms with van der Waals surface area (Å²) in [5.74, 6) is -1.54. The van der Waals surface area contributed by atoms with Crippen LogP contribution in [0, 0.1) is 18.6 Å². The Morgan fingerprint density at radius 1 is 1.24 bits per heavy atom. The number of fused-ring (bicyclic) bond motifs is 1. The Kier molecular flexibility index (Phi) is 8.58. The van der Waals surface area contributed by atoms with E-state index < -0.39 is 17.5 Å². The normalized spacial score (nSPS) is 14.2. The Morgan fingerprint density at radius 3 is 2.70 bits per heavy atom. The topological polar surface area (TPSA) is 54.9 Å². The maximum atomic E-state index is 14.4. The molecule has 2 heterocycles. The van der Waals surface area contributed by atoms with Crippen LogP contribution in [-0.2, 0) is 4.74 Å². The van der Waals surface area contributed by atoms with Gasteiger partial charge in [0, 0.05) is 32.2 Å². The number of hydrogen-bond donors (Lipinski definition) is 0. The minimum Gasteiger partial charge on any atom is -0.494 e. The van der Waals surface area contributed by atoms with Crippen molar-refractivity contribution in [2.75, 3.05) is 51.4 Å². The van der Waals surface area contributed by atoms with Crippen molar-refractivity contribution >= 4 is 45.0 Å². The summed E-state index contributed by atoms with van der Waals surface area (Å²) in [4.78, 5) is 21.8. The van der Waals surface area contributed by atoms with Gasteiger partial charge in [-0.05, 0) is 37.1 Å². The van der Waals surface area contributed by atoms with Crippen LogP contribution in [0.25, 0.3) is 10.2 Å². The summed E-state index contributed by atoms with van der Waals surface area (Å²) in [6, 6.07) is 6.78. The molecular weight excluding hydrogens is 472 g/mol. The number of thiazole rings is 1. The van der Waals surface area contributed by atoms with Crippen molar-refractivity contribution in [2.24, 2.45) is 0 Å². The smallest absolute Gasteiger partial charge is 0.263 e. The van der Waals surface area contributed by atoms with Crippen molar-refractivity contribution in [2.45, 2.75) is 13.3 Å². The average molecular weight is 498 g/mol. The zero-order valence-electron chi connectivity index (χ0n) is 18.5. The highest BCUT2D eigenvalue weighted by Crippen LogP contribution is 2.37. The number of carbonyl (C=O) groups is 1. The number of amides is 1. The summed E-state index contributed by atoms with van der Waals surface area (Å²) < 4.78 is 39.6. The Balaban J connectivity index is 0.00000306. The fourth-order valence-corrected chi connectivity index (χ4v) is 4.82. The number of rotatable bonds is 7. The molecule has 1 aliphatic heterocycles. The molecular formula is C23H26ClF2N3O3S. The van der Waals surface area contributed by atoms with E-state index in [9.17, 15) is 13.6 Å². The molecule has 1 saturated heterocycles. The van der Waals surface area contributed by atoms with E-state index in [0.717, 1.165) is 42.0 Å². The molecule has 0 saturated carbocycles. The summed E-state index contributed by atoms with van der Waals surface area (Å²) in [7, 11) is 1.57. The van der Waals surface area contributed by atoms with Crippen LogP contribution in [0.3, 0.4) is 0 Å². The lowest BCUT2D eigenvalue weighted by Gasteiger charge is -2.27. The van der Waals surface area contributed by atoms with Crippen LogP contribution in [0.15, 0.2) is 30.3 Å². The summed E-state index contributed by atoms with van der Waals surface area (Å²) in [5, 5.41) is 0.461. The number of aryl methyl sites for hydroxylation is 1. The average Bonchev–Trinajstić information content (AvgIpc) is 3.23. The Labute approximate surface area is 201 Å². The van der Waals surface area contributed by atoms with Crippen LogP contribution in [0.1, 0.15) is 22.3 Å². The molecule has 0 atom stereocenters. The number of methoxy groups -OCH3 is 1. The van der Waals surface area contributed by atoms with Crippen molar-refractivity contribution in [3.05, 3.63) is 53.1 Å². The Bertz CT molecular complexity index is 1120. The van der Waals surface area contributed by atoms with Crippen molar-refractivity contribution in [1.82, 2.24) is 9.88 Å². The molecule has 0 aliphatic carbocycles. The van der Waals surface area contributed by atoms with Gasteiger partial charge in [0.15, 0.2) is 5.13 Å². The first-order chi connectivity index (χ1) is 15.5. The Morgan fingerprint density at radius 2 is 2.00 bits per heavy atom. The molecule has 10 heteroatoms. The van der Waals surface area contributed by atoms with E-state index in [4.69, 9.17) is 9.47 Å². The SMILES string of the molecule is COc1ccc(C)c2sc(N(CCCN3CCOCC3)C(=O)c3ccc(F)cc3F)nc12.Cl. The van der Waals surface area contributed by atoms with E-state index in [-0.39, 0.29) is 18.0 Å². The van der Waals surface area contributed by atoms with E-state index >= 15 is 0 Å². The second kappa shape index (κ2) is 11.2. The van der Waals surface area contributed by atoms with Crippen LogP contribution in [0.4, 0.5) is 13.9 Å². The van der Waals surface area contributed by atoms with Gasteiger partial charge in [-0.2, -0.15) is 0 Å². The maximum Gasteiger partial charge on any atom is 0.263 e. The third-order valence-electron chi connectivity index (χ3n) is 5.51. The molecule has 178 valence electrons. The molecule has 2 aromatic carbocycles. The van der Waals surface area contributed by atoms with Crippen molar-refractivity contribution in [3.63, 3.8) is 0 Å². The van der Waals surface area contributed by atoms with Crippen molar-refractivity contribution in [1.29, 1.82) is 0 Å². The molecule has 1 aromatic heterocycles. The van der Waals surface area contributed by atoms with Gasteiger partial charge in [-0.1, -0.05) is 17.4 Å². The number of halogens is 3. The van der Waals surface area contributed by atoms with Gasteiger partial charge in [0.1, 0.15) is 22.9 Å². The molecule has 0 spiro atoms. The molecule has 33 heavy (non-hydrogen) atoms. The molecule has 1 amide bonds. The fraction of sp³-hybridized carbons (Fsp3) is 0.391. The van der Waals surface area contributed by atoms with Gasteiger partial charge >= 0.3 is 0 Å². The van der Waals surface area contributed by atoms with Crippen LogP contribution in [0.5, 0.6) is 5.75 Å². The first-order valence-electron chi connectivity index (χ1n) is 10.5. The van der Waals surface area contributed by atoms with E-state index in [0.29, 0.717) is 42.6 Å². The molecule has 0 N–H and O–H groups in total. The monoisotopic (exact) mass is 497 g/mol. The molecule has 4 rings (SSSR count). The highest BCUT2D eigenvalue weighted by Gasteiger charge is 2.25. The number of ether oxygens (including phenoxy) is 2. The predicted octanol–water partition coefficient (Wildman–Crippen LogP) is 4.68. The van der Waals surface area contributed by atoms with E-state index in [2.05, 4.69) is 9.88 Å². The van der Waals surface area contributed by atoms with Gasteiger partial charge < -0.3 is 9.47 Å². The standard InChI is InChI=1S/C23H25F2N3O3S.ClH/c1-15-4-7-19(30-2)20-21(15)32-23(26-20)28(9-3-8-27-10-12-31-13-11-27)22(29)17-6-5-16(24)14-18(17)25;/h4-7,14H,3,8-13H2,1-2H3;1H. The molecule has 0 radical (unpaired) electrons. The third-order valence-corrected chi connectivity index (χ3v) is 6.72. The molecule has 0 bridgehead atoms. The van der Waals surface area contributed by atoms with Crippen LogP contribution >= 0.6 is 23.7 Å². The largest absolute Gasteiger partial charge is 0.494 e. The molecule has 3 aromatic rings. The molecule has 1 aliphatic rings. The second-order valence-corrected chi connectivity index (χ2v) is 8.62. The quantitative estimate of drug-likeness (QED) is 0.474. The van der Waals surface area contributed by atoms with E-state index in [1.54, 1.807) is 7.11 Å². The van der Waals surface area contributed by atoms with Gasteiger partial charge in [-0.15, -0.1) is 12.4 Å². The zero-order valence-corrected chi connectivity index (χ0v) is 20.1. The summed E-state index contributed by atoms with van der Waals surface area (Å²) in [5.41, 5.74) is 1.50. The summed E-state index contributed by atoms with van der Waals surface area (Å²) in [6.07, 6.45) is 0.681. The van der Waals surface area contributed by atoms with Crippen molar-refractivity contribution in [3.8, 4) is 5.75 Å². The van der Waals surface area contributed by atoms with Crippen LogP contribution in [-0.4, -0.2) is 62.3 Å². The van der Waals surface area contributed by atoms with Crippen LogP contribution < -0.4 is 9.64 Å². The number of morpholine rings is 1. The van der Waals surface area contributed by atoms with Crippen LogP contribution in [0.2, 0.25) is 0 Å². The van der Waals surface area contributed by atoms with Gasteiger partial charge in [-0.3, -0.25) is 14.6 Å². The minimum absolute atomic E-state index is 0. The molecule has 6 nitrogen and oxygen atoms in total. The van der Waals surface area contributed by atoms with Gasteiger partial charge in [-0.25, -0.2) is 13.8 Å². The van der Waals surface area contributed by atoms with Crippen molar-refractivity contribution < 1.29 is 23.0 Å². The lowest BCUT2D eigenvalue weighted by atomic mass is 10.1. The second-order valence-electron chi connectivity index (χ2n) is 7.65. The predicted molar refractivity (Wildman–Crippen MR) is 128 cm³/mol. The maximum absolute atomic E-state index is 14.4.